The van der Waals surface area contributed by atoms with Crippen molar-refractivity contribution in [3.05, 3.63) is 30.3 Å². The van der Waals surface area contributed by atoms with Crippen molar-refractivity contribution in [3.8, 4) is 0 Å². The van der Waals surface area contributed by atoms with E-state index in [9.17, 15) is 5.11 Å². The first-order valence-electron chi connectivity index (χ1n) is 8.60. The fourth-order valence-electron chi connectivity index (χ4n) is 3.43. The maximum absolute atomic E-state index is 10.0. The highest BCUT2D eigenvalue weighted by Gasteiger charge is 2.35. The van der Waals surface area contributed by atoms with Gasteiger partial charge in [-0.15, -0.1) is 0 Å². The Morgan fingerprint density at radius 3 is 2.43 bits per heavy atom. The number of aliphatic hydroxyl groups excluding tert-OH is 1. The average molecular weight is 289 g/mol. The number of anilines is 1. The minimum Gasteiger partial charge on any atom is -0.396 e. The van der Waals surface area contributed by atoms with Gasteiger partial charge < -0.3 is 10.0 Å². The Balaban J connectivity index is 2.09. The van der Waals surface area contributed by atoms with Gasteiger partial charge in [-0.2, -0.15) is 0 Å². The topological polar surface area (TPSA) is 23.5 Å². The molecule has 0 saturated heterocycles. The molecule has 1 aromatic rings. The Morgan fingerprint density at radius 1 is 1.19 bits per heavy atom. The van der Waals surface area contributed by atoms with Gasteiger partial charge in [-0.05, 0) is 37.3 Å². The Hall–Kier alpha value is -1.02. The standard InChI is InChI=1S/C19H31NO/c1-3-4-14-20(18-8-6-5-7-9-18)15-19(16-21)12-10-17(2)11-13-19/h5-9,17,21H,3-4,10-16H2,1-2H3. The number of hydrogen-bond acceptors (Lipinski definition) is 2. The van der Waals surface area contributed by atoms with Crippen LogP contribution in [0.3, 0.4) is 0 Å². The molecule has 0 spiro atoms. The monoisotopic (exact) mass is 289 g/mol. The number of hydrogen-bond donors (Lipinski definition) is 1. The van der Waals surface area contributed by atoms with Gasteiger partial charge in [0.1, 0.15) is 0 Å². The minimum atomic E-state index is 0.107. The molecule has 1 aliphatic rings. The SMILES string of the molecule is CCCCN(CC1(CO)CCC(C)CC1)c1ccccc1. The smallest absolute Gasteiger partial charge is 0.0504 e. The fourth-order valence-corrected chi connectivity index (χ4v) is 3.43. The first kappa shape index (κ1) is 16.4. The molecule has 0 aliphatic heterocycles. The highest BCUT2D eigenvalue weighted by molar-refractivity contribution is 5.46. The molecule has 1 fully saturated rings. The molecule has 1 aromatic carbocycles. The lowest BCUT2D eigenvalue weighted by molar-refractivity contribution is 0.0729. The first-order valence-corrected chi connectivity index (χ1v) is 8.60. The van der Waals surface area contributed by atoms with Gasteiger partial charge in [0.2, 0.25) is 0 Å². The maximum Gasteiger partial charge on any atom is 0.0504 e. The van der Waals surface area contributed by atoms with Crippen LogP contribution in [0.5, 0.6) is 0 Å². The summed E-state index contributed by atoms with van der Waals surface area (Å²) in [5, 5.41) is 10.0. The van der Waals surface area contributed by atoms with Gasteiger partial charge in [0.15, 0.2) is 0 Å². The second kappa shape index (κ2) is 7.84. The van der Waals surface area contributed by atoms with Crippen molar-refractivity contribution in [2.75, 3.05) is 24.6 Å². The molecule has 0 radical (unpaired) electrons. The Labute approximate surface area is 130 Å². The van der Waals surface area contributed by atoms with Gasteiger partial charge in [-0.25, -0.2) is 0 Å². The summed E-state index contributed by atoms with van der Waals surface area (Å²) in [6.45, 7) is 7.01. The number of benzene rings is 1. The highest BCUT2D eigenvalue weighted by atomic mass is 16.3. The molecule has 2 rings (SSSR count). The minimum absolute atomic E-state index is 0.107. The number of aliphatic hydroxyl groups is 1. The van der Waals surface area contributed by atoms with E-state index in [4.69, 9.17) is 0 Å². The summed E-state index contributed by atoms with van der Waals surface area (Å²) in [6, 6.07) is 10.7. The van der Waals surface area contributed by atoms with Crippen LogP contribution in [0, 0.1) is 11.3 Å². The molecule has 1 aliphatic carbocycles. The summed E-state index contributed by atoms with van der Waals surface area (Å²) in [5.41, 5.74) is 1.41. The Morgan fingerprint density at radius 2 is 1.86 bits per heavy atom. The predicted octanol–water partition coefficient (Wildman–Crippen LogP) is 4.48. The van der Waals surface area contributed by atoms with Crippen molar-refractivity contribution in [2.24, 2.45) is 11.3 Å². The summed E-state index contributed by atoms with van der Waals surface area (Å²) in [5.74, 6) is 0.825. The van der Waals surface area contributed by atoms with Gasteiger partial charge >= 0.3 is 0 Å². The summed E-state index contributed by atoms with van der Waals surface area (Å²) in [7, 11) is 0. The van der Waals surface area contributed by atoms with E-state index in [0.29, 0.717) is 6.61 Å². The second-order valence-corrected chi connectivity index (χ2v) is 6.95. The van der Waals surface area contributed by atoms with Crippen LogP contribution in [0.25, 0.3) is 0 Å². The van der Waals surface area contributed by atoms with E-state index in [2.05, 4.69) is 49.1 Å². The third-order valence-corrected chi connectivity index (χ3v) is 5.10. The lowest BCUT2D eigenvalue weighted by atomic mass is 9.71. The van der Waals surface area contributed by atoms with E-state index in [1.165, 1.54) is 44.2 Å². The second-order valence-electron chi connectivity index (χ2n) is 6.95. The molecule has 118 valence electrons. The quantitative estimate of drug-likeness (QED) is 0.800. The molecule has 0 bridgehead atoms. The van der Waals surface area contributed by atoms with E-state index in [1.54, 1.807) is 0 Å². The molecule has 0 amide bonds. The zero-order chi connectivity index (χ0) is 15.1. The lowest BCUT2D eigenvalue weighted by Gasteiger charge is -2.42. The summed E-state index contributed by atoms with van der Waals surface area (Å²) < 4.78 is 0. The van der Waals surface area contributed by atoms with E-state index >= 15 is 0 Å². The summed E-state index contributed by atoms with van der Waals surface area (Å²) in [6.07, 6.45) is 7.29. The molecule has 0 aromatic heterocycles. The molecule has 0 heterocycles. The van der Waals surface area contributed by atoms with Crippen LogP contribution >= 0.6 is 0 Å². The van der Waals surface area contributed by atoms with Crippen molar-refractivity contribution < 1.29 is 5.11 Å². The van der Waals surface area contributed by atoms with Crippen LogP contribution in [0.1, 0.15) is 52.4 Å². The summed E-state index contributed by atoms with van der Waals surface area (Å²) in [4.78, 5) is 2.50. The Bertz CT molecular complexity index is 395. The van der Waals surface area contributed by atoms with Crippen LogP contribution in [0.15, 0.2) is 30.3 Å². The molecule has 1 N–H and O–H groups in total. The van der Waals surface area contributed by atoms with E-state index in [1.807, 2.05) is 0 Å². The maximum atomic E-state index is 10.0. The molecular formula is C19H31NO. The third-order valence-electron chi connectivity index (χ3n) is 5.10. The van der Waals surface area contributed by atoms with Crippen LogP contribution in [-0.4, -0.2) is 24.8 Å². The Kier molecular flexibility index (Phi) is 6.10. The van der Waals surface area contributed by atoms with Crippen LogP contribution in [0.4, 0.5) is 5.69 Å². The van der Waals surface area contributed by atoms with Crippen molar-refractivity contribution in [3.63, 3.8) is 0 Å². The van der Waals surface area contributed by atoms with E-state index in [0.717, 1.165) is 19.0 Å². The largest absolute Gasteiger partial charge is 0.396 e. The summed E-state index contributed by atoms with van der Waals surface area (Å²) >= 11 is 0. The lowest BCUT2D eigenvalue weighted by Crippen LogP contribution is -2.43. The van der Waals surface area contributed by atoms with E-state index < -0.39 is 0 Å². The number of para-hydroxylation sites is 1. The van der Waals surface area contributed by atoms with Gasteiger partial charge in [-0.1, -0.05) is 51.3 Å². The third kappa shape index (κ3) is 4.47. The van der Waals surface area contributed by atoms with Gasteiger partial charge in [-0.3, -0.25) is 0 Å². The van der Waals surface area contributed by atoms with Gasteiger partial charge in [0, 0.05) is 24.2 Å². The molecule has 2 heteroatoms. The van der Waals surface area contributed by atoms with Crippen LogP contribution in [-0.2, 0) is 0 Å². The fraction of sp³-hybridized carbons (Fsp3) is 0.684. The molecule has 0 unspecified atom stereocenters. The van der Waals surface area contributed by atoms with Crippen molar-refractivity contribution in [1.29, 1.82) is 0 Å². The molecule has 21 heavy (non-hydrogen) atoms. The number of unbranched alkanes of at least 4 members (excludes halogenated alkanes) is 1. The van der Waals surface area contributed by atoms with Crippen LogP contribution in [0.2, 0.25) is 0 Å². The molecule has 0 atom stereocenters. The number of nitrogens with zero attached hydrogens (tertiary/aromatic N) is 1. The average Bonchev–Trinajstić information content (AvgIpc) is 2.54. The number of rotatable bonds is 7. The van der Waals surface area contributed by atoms with Gasteiger partial charge in [0.25, 0.3) is 0 Å². The van der Waals surface area contributed by atoms with E-state index in [-0.39, 0.29) is 5.41 Å². The van der Waals surface area contributed by atoms with Crippen molar-refractivity contribution in [1.82, 2.24) is 0 Å². The van der Waals surface area contributed by atoms with Gasteiger partial charge in [0.05, 0.1) is 6.61 Å². The normalized spacial score (nSPS) is 25.8. The molecule has 2 nitrogen and oxygen atoms in total. The zero-order valence-corrected chi connectivity index (χ0v) is 13.7. The molecular weight excluding hydrogens is 258 g/mol. The van der Waals surface area contributed by atoms with Crippen molar-refractivity contribution >= 4 is 5.69 Å². The van der Waals surface area contributed by atoms with Crippen LogP contribution < -0.4 is 4.90 Å². The first-order chi connectivity index (χ1) is 10.2. The molecule has 1 saturated carbocycles. The highest BCUT2D eigenvalue weighted by Crippen LogP contribution is 2.40. The van der Waals surface area contributed by atoms with Crippen molar-refractivity contribution in [2.45, 2.75) is 52.4 Å². The predicted molar refractivity (Wildman–Crippen MR) is 90.7 cm³/mol. The zero-order valence-electron chi connectivity index (χ0n) is 13.7.